The third-order valence-corrected chi connectivity index (χ3v) is 7.54. The fraction of sp³-hybridized carbons (Fsp3) is 0.696. The Kier molecular flexibility index (Phi) is 11.4. The van der Waals surface area contributed by atoms with Crippen molar-refractivity contribution in [3.8, 4) is 0 Å². The largest absolute Gasteiger partial charge is 0.490 e. The lowest BCUT2D eigenvalue weighted by molar-refractivity contribution is -0.193. The molecule has 0 saturated carbocycles. The Morgan fingerprint density at radius 3 is 2.03 bits per heavy atom. The Morgan fingerprint density at radius 2 is 1.55 bits per heavy atom. The summed E-state index contributed by atoms with van der Waals surface area (Å²) >= 11 is 1.68. The summed E-state index contributed by atoms with van der Waals surface area (Å²) in [4.78, 5) is 37.8. The highest BCUT2D eigenvalue weighted by atomic mass is 32.1. The molecule has 0 spiro atoms. The number of amides is 1. The predicted octanol–water partition coefficient (Wildman–Crippen LogP) is 3.57. The molecule has 3 aliphatic heterocycles. The molecule has 3 atom stereocenters. The fourth-order valence-electron chi connectivity index (χ4n) is 4.95. The highest BCUT2D eigenvalue weighted by Gasteiger charge is 2.43. The number of thiophene rings is 1. The van der Waals surface area contributed by atoms with Crippen LogP contribution in [0.25, 0.3) is 0 Å². The van der Waals surface area contributed by atoms with E-state index in [9.17, 15) is 31.1 Å². The van der Waals surface area contributed by atoms with E-state index < -0.39 is 24.3 Å². The second kappa shape index (κ2) is 13.6. The number of halogens is 6. The fourth-order valence-corrected chi connectivity index (χ4v) is 5.62. The first kappa shape index (κ1) is 31.8. The van der Waals surface area contributed by atoms with Crippen LogP contribution in [0.3, 0.4) is 0 Å². The SMILES string of the molecule is CN1[C@H](CN2CCCC2)C[C@@H]2CN(C(=O)Cc3ccsc3)CC[C@@H]21.O=C(O)C(F)(F)F.O=C(O)C(F)(F)F. The van der Waals surface area contributed by atoms with E-state index in [1.54, 1.807) is 11.3 Å². The van der Waals surface area contributed by atoms with Gasteiger partial charge in [-0.3, -0.25) is 9.69 Å². The van der Waals surface area contributed by atoms with Gasteiger partial charge in [-0.2, -0.15) is 37.7 Å². The zero-order chi connectivity index (χ0) is 28.7. The van der Waals surface area contributed by atoms with Gasteiger partial charge in [-0.05, 0) is 74.1 Å². The van der Waals surface area contributed by atoms with Gasteiger partial charge < -0.3 is 20.0 Å². The zero-order valence-corrected chi connectivity index (χ0v) is 21.5. The number of carboxylic acid groups (broad SMARTS) is 2. The molecule has 0 aliphatic carbocycles. The van der Waals surface area contributed by atoms with Crippen molar-refractivity contribution in [3.63, 3.8) is 0 Å². The van der Waals surface area contributed by atoms with Gasteiger partial charge >= 0.3 is 24.3 Å². The summed E-state index contributed by atoms with van der Waals surface area (Å²) in [6.07, 6.45) is -4.44. The molecule has 4 rings (SSSR count). The number of likely N-dealkylation sites (tertiary alicyclic amines) is 3. The number of rotatable bonds is 4. The van der Waals surface area contributed by atoms with Crippen molar-refractivity contribution in [3.05, 3.63) is 22.4 Å². The second-order valence-corrected chi connectivity index (χ2v) is 10.2. The average molecular weight is 576 g/mol. The predicted molar refractivity (Wildman–Crippen MR) is 126 cm³/mol. The molecule has 15 heteroatoms. The first-order valence-electron chi connectivity index (χ1n) is 11.9. The molecule has 1 aromatic heterocycles. The molecule has 0 aromatic carbocycles. The molecule has 3 fully saturated rings. The van der Waals surface area contributed by atoms with Crippen LogP contribution in [0.4, 0.5) is 26.3 Å². The van der Waals surface area contributed by atoms with Crippen molar-refractivity contribution in [1.29, 1.82) is 0 Å². The van der Waals surface area contributed by atoms with Crippen LogP contribution in [0.15, 0.2) is 16.8 Å². The van der Waals surface area contributed by atoms with Crippen LogP contribution in [-0.2, 0) is 20.8 Å². The summed E-state index contributed by atoms with van der Waals surface area (Å²) in [7, 11) is 2.31. The molecule has 38 heavy (non-hydrogen) atoms. The van der Waals surface area contributed by atoms with Gasteiger partial charge in [0.05, 0.1) is 6.42 Å². The molecule has 8 nitrogen and oxygen atoms in total. The molecule has 0 bridgehead atoms. The molecular formula is C23H31F6N3O5S. The van der Waals surface area contributed by atoms with Crippen molar-refractivity contribution in [1.82, 2.24) is 14.7 Å². The molecule has 1 amide bonds. The van der Waals surface area contributed by atoms with E-state index in [-0.39, 0.29) is 0 Å². The number of carbonyl (C=O) groups is 3. The van der Waals surface area contributed by atoms with Crippen LogP contribution in [0.2, 0.25) is 0 Å². The van der Waals surface area contributed by atoms with Crippen molar-refractivity contribution >= 4 is 29.2 Å². The number of hydrogen-bond acceptors (Lipinski definition) is 6. The van der Waals surface area contributed by atoms with Crippen LogP contribution < -0.4 is 0 Å². The molecule has 3 saturated heterocycles. The summed E-state index contributed by atoms with van der Waals surface area (Å²) in [6.45, 7) is 5.70. The van der Waals surface area contributed by atoms with E-state index in [4.69, 9.17) is 19.8 Å². The van der Waals surface area contributed by atoms with Crippen LogP contribution in [-0.4, -0.2) is 107 Å². The van der Waals surface area contributed by atoms with Gasteiger partial charge in [0, 0.05) is 31.7 Å². The normalized spacial score (nSPS) is 24.1. The zero-order valence-electron chi connectivity index (χ0n) is 20.7. The lowest BCUT2D eigenvalue weighted by Crippen LogP contribution is -2.48. The third kappa shape index (κ3) is 9.73. The Balaban J connectivity index is 0.000000301. The van der Waals surface area contributed by atoms with Gasteiger partial charge in [0.25, 0.3) is 0 Å². The van der Waals surface area contributed by atoms with E-state index in [1.165, 1.54) is 44.5 Å². The number of likely N-dealkylation sites (N-methyl/N-ethyl adjacent to an activating group) is 1. The van der Waals surface area contributed by atoms with Gasteiger partial charge in [0.2, 0.25) is 5.91 Å². The van der Waals surface area contributed by atoms with Crippen molar-refractivity contribution < 1.29 is 50.9 Å². The van der Waals surface area contributed by atoms with Crippen molar-refractivity contribution in [2.24, 2.45) is 5.92 Å². The first-order valence-corrected chi connectivity index (χ1v) is 12.9. The third-order valence-electron chi connectivity index (χ3n) is 6.81. The van der Waals surface area contributed by atoms with Gasteiger partial charge in [-0.25, -0.2) is 9.59 Å². The summed E-state index contributed by atoms with van der Waals surface area (Å²) in [5.74, 6) is -4.53. The number of piperidine rings is 1. The smallest absolute Gasteiger partial charge is 0.475 e. The van der Waals surface area contributed by atoms with E-state index in [2.05, 4.69) is 38.6 Å². The van der Waals surface area contributed by atoms with Crippen LogP contribution in [0, 0.1) is 5.92 Å². The van der Waals surface area contributed by atoms with Gasteiger partial charge in [-0.15, -0.1) is 0 Å². The molecule has 2 N–H and O–H groups in total. The molecule has 4 heterocycles. The Labute approximate surface area is 219 Å². The number of aliphatic carboxylic acids is 2. The van der Waals surface area contributed by atoms with Gasteiger partial charge in [0.1, 0.15) is 0 Å². The Bertz CT molecular complexity index is 898. The number of fused-ring (bicyclic) bond motifs is 1. The lowest BCUT2D eigenvalue weighted by Gasteiger charge is -2.37. The Morgan fingerprint density at radius 1 is 1.00 bits per heavy atom. The van der Waals surface area contributed by atoms with E-state index in [0.717, 1.165) is 19.5 Å². The monoisotopic (exact) mass is 575 g/mol. The van der Waals surface area contributed by atoms with E-state index >= 15 is 0 Å². The standard InChI is InChI=1S/C19H29N3OS.2C2HF3O2/c1-20-17(13-21-6-2-3-7-21)11-16-12-22(8-4-18(16)20)19(23)10-15-5-9-24-14-15;2*3-2(4,5)1(6)7/h5,9,14,16-18H,2-4,6-8,10-13H2,1H3;2*(H,6,7)/t16-,17+,18+;;/m1../s1. The van der Waals surface area contributed by atoms with Crippen LogP contribution >= 0.6 is 11.3 Å². The lowest BCUT2D eigenvalue weighted by atomic mass is 9.92. The first-order chi connectivity index (χ1) is 17.6. The summed E-state index contributed by atoms with van der Waals surface area (Å²) < 4.78 is 63.5. The molecule has 0 unspecified atom stereocenters. The number of alkyl halides is 6. The Hall–Kier alpha value is -2.39. The maximum absolute atomic E-state index is 12.6. The number of nitrogens with zero attached hydrogens (tertiary/aromatic N) is 3. The minimum Gasteiger partial charge on any atom is -0.475 e. The number of carboxylic acids is 2. The maximum atomic E-state index is 12.6. The number of carbonyl (C=O) groups excluding carboxylic acids is 1. The number of hydrogen-bond donors (Lipinski definition) is 2. The maximum Gasteiger partial charge on any atom is 0.490 e. The molecule has 3 aliphatic rings. The topological polar surface area (TPSA) is 101 Å². The van der Waals surface area contributed by atoms with Crippen LogP contribution in [0.5, 0.6) is 0 Å². The summed E-state index contributed by atoms with van der Waals surface area (Å²) in [5, 5.41) is 18.4. The molecule has 216 valence electrons. The van der Waals surface area contributed by atoms with Gasteiger partial charge in [0.15, 0.2) is 0 Å². The summed E-state index contributed by atoms with van der Waals surface area (Å²) in [5.41, 5.74) is 1.17. The van der Waals surface area contributed by atoms with Gasteiger partial charge in [-0.1, -0.05) is 0 Å². The minimum atomic E-state index is -5.08. The highest BCUT2D eigenvalue weighted by Crippen LogP contribution is 2.35. The van der Waals surface area contributed by atoms with E-state index in [0.29, 0.717) is 30.3 Å². The quantitative estimate of drug-likeness (QED) is 0.530. The highest BCUT2D eigenvalue weighted by molar-refractivity contribution is 7.08. The summed E-state index contributed by atoms with van der Waals surface area (Å²) in [6, 6.07) is 3.44. The molecular weight excluding hydrogens is 544 g/mol. The van der Waals surface area contributed by atoms with Crippen LogP contribution in [0.1, 0.15) is 31.2 Å². The molecule has 1 aromatic rings. The van der Waals surface area contributed by atoms with Crippen molar-refractivity contribution in [2.45, 2.75) is 56.5 Å². The average Bonchev–Trinajstić information content (AvgIpc) is 3.57. The van der Waals surface area contributed by atoms with E-state index in [1.807, 2.05) is 0 Å². The van der Waals surface area contributed by atoms with Crippen molar-refractivity contribution in [2.75, 3.05) is 39.8 Å². The minimum absolute atomic E-state index is 0.317. The second-order valence-electron chi connectivity index (χ2n) is 9.43. The molecule has 0 radical (unpaired) electrons.